The number of nitrogens with zero attached hydrogens (tertiary/aromatic N) is 3. The fraction of sp³-hybridized carbons (Fsp3) is 0.200. The van der Waals surface area contributed by atoms with Crippen molar-refractivity contribution in [1.29, 1.82) is 0 Å². The first-order chi connectivity index (χ1) is 13.5. The van der Waals surface area contributed by atoms with E-state index >= 15 is 0 Å². The number of fused-ring (bicyclic) bond motifs is 4. The molecular weight excluding hydrogens is 342 g/mol. The van der Waals surface area contributed by atoms with Gasteiger partial charge in [-0.2, -0.15) is 0 Å². The summed E-state index contributed by atoms with van der Waals surface area (Å²) in [5.41, 5.74) is 4.87. The minimum Gasteiger partial charge on any atom is -0.293 e. The van der Waals surface area contributed by atoms with Gasteiger partial charge in [-0.1, -0.05) is 45.0 Å². The van der Waals surface area contributed by atoms with Gasteiger partial charge >= 0.3 is 0 Å². The van der Waals surface area contributed by atoms with Crippen molar-refractivity contribution in [3.05, 3.63) is 78.8 Å². The second-order valence-electron chi connectivity index (χ2n) is 8.68. The largest absolute Gasteiger partial charge is 0.293 e. The van der Waals surface area contributed by atoms with Crippen LogP contribution in [-0.2, 0) is 6.42 Å². The molecule has 3 heteroatoms. The van der Waals surface area contributed by atoms with Crippen LogP contribution in [-0.4, -0.2) is 14.5 Å². The van der Waals surface area contributed by atoms with Gasteiger partial charge in [0.15, 0.2) is 0 Å². The van der Waals surface area contributed by atoms with E-state index in [4.69, 9.17) is 4.98 Å². The molecule has 0 saturated carbocycles. The van der Waals surface area contributed by atoms with Crippen LogP contribution in [0.1, 0.15) is 26.3 Å². The lowest BCUT2D eigenvalue weighted by atomic mass is 9.87. The molecule has 0 atom stereocenters. The molecule has 138 valence electrons. The summed E-state index contributed by atoms with van der Waals surface area (Å²) >= 11 is 0. The van der Waals surface area contributed by atoms with Gasteiger partial charge in [0.05, 0.1) is 11.2 Å². The van der Waals surface area contributed by atoms with Crippen LogP contribution in [0.3, 0.4) is 0 Å². The zero-order valence-corrected chi connectivity index (χ0v) is 16.5. The first-order valence-electron chi connectivity index (χ1n) is 9.72. The Balaban J connectivity index is 1.91. The highest BCUT2D eigenvalue weighted by Gasteiger charge is 2.17. The molecule has 0 amide bonds. The zero-order chi connectivity index (χ0) is 19.3. The summed E-state index contributed by atoms with van der Waals surface area (Å²) in [6.45, 7) is 6.85. The van der Waals surface area contributed by atoms with Crippen molar-refractivity contribution in [2.75, 3.05) is 0 Å². The fourth-order valence-electron chi connectivity index (χ4n) is 4.18. The van der Waals surface area contributed by atoms with Crippen LogP contribution in [0.15, 0.2) is 73.2 Å². The molecule has 3 aromatic heterocycles. The monoisotopic (exact) mass is 365 g/mol. The van der Waals surface area contributed by atoms with E-state index in [0.717, 1.165) is 23.1 Å². The van der Waals surface area contributed by atoms with E-state index in [2.05, 4.69) is 78.9 Å². The number of hydrogen-bond acceptors (Lipinski definition) is 2. The molecule has 2 aromatic carbocycles. The highest BCUT2D eigenvalue weighted by Crippen LogP contribution is 2.35. The maximum absolute atomic E-state index is 4.75. The Labute approximate surface area is 164 Å². The lowest BCUT2D eigenvalue weighted by Crippen LogP contribution is -2.10. The van der Waals surface area contributed by atoms with E-state index in [1.54, 1.807) is 0 Å². The first kappa shape index (κ1) is 16.9. The van der Waals surface area contributed by atoms with Crippen LogP contribution >= 0.6 is 0 Å². The van der Waals surface area contributed by atoms with Crippen molar-refractivity contribution < 1.29 is 0 Å². The normalized spacial score (nSPS) is 12.2. The second-order valence-corrected chi connectivity index (χ2v) is 8.68. The predicted molar refractivity (Wildman–Crippen MR) is 117 cm³/mol. The Morgan fingerprint density at radius 2 is 1.68 bits per heavy atom. The molecule has 5 rings (SSSR count). The summed E-state index contributed by atoms with van der Waals surface area (Å²) in [4.78, 5) is 9.16. The standard InChI is InChI=1S/C25H23N3/c1-25(2,3)15-17-13-18-10-12-26-16-21(18)23(14-17)28-22-9-5-4-7-19(22)20-8-6-11-27-24(20)28/h4-14,16H,15H2,1-3H3. The molecule has 0 aliphatic heterocycles. The molecule has 0 bridgehead atoms. The molecule has 0 aliphatic rings. The molecule has 28 heavy (non-hydrogen) atoms. The lowest BCUT2D eigenvalue weighted by molar-refractivity contribution is 0.411. The molecule has 0 unspecified atom stereocenters. The average molecular weight is 365 g/mol. The Morgan fingerprint density at radius 3 is 2.54 bits per heavy atom. The summed E-state index contributed by atoms with van der Waals surface area (Å²) < 4.78 is 2.29. The van der Waals surface area contributed by atoms with E-state index < -0.39 is 0 Å². The number of hydrogen-bond donors (Lipinski definition) is 0. The molecule has 0 fully saturated rings. The Bertz CT molecular complexity index is 1270. The maximum Gasteiger partial charge on any atom is 0.145 e. The molecule has 3 heterocycles. The Kier molecular flexibility index (Phi) is 3.73. The van der Waals surface area contributed by atoms with Crippen LogP contribution in [0.25, 0.3) is 38.4 Å². The highest BCUT2D eigenvalue weighted by atomic mass is 15.0. The summed E-state index contributed by atoms with van der Waals surface area (Å²) in [5.74, 6) is 0. The van der Waals surface area contributed by atoms with Gasteiger partial charge < -0.3 is 0 Å². The predicted octanol–water partition coefficient (Wildman–Crippen LogP) is 6.32. The molecule has 0 spiro atoms. The van der Waals surface area contributed by atoms with Gasteiger partial charge in [-0.15, -0.1) is 0 Å². The van der Waals surface area contributed by atoms with E-state index in [1.807, 2.05) is 24.7 Å². The van der Waals surface area contributed by atoms with Crippen molar-refractivity contribution in [3.8, 4) is 5.69 Å². The zero-order valence-electron chi connectivity index (χ0n) is 16.5. The first-order valence-corrected chi connectivity index (χ1v) is 9.72. The van der Waals surface area contributed by atoms with Gasteiger partial charge in [-0.3, -0.25) is 9.55 Å². The second kappa shape index (κ2) is 6.16. The summed E-state index contributed by atoms with van der Waals surface area (Å²) in [6.07, 6.45) is 6.73. The minimum absolute atomic E-state index is 0.219. The number of aromatic nitrogens is 3. The maximum atomic E-state index is 4.75. The Hall–Kier alpha value is -3.20. The average Bonchev–Trinajstić information content (AvgIpc) is 3.00. The highest BCUT2D eigenvalue weighted by molar-refractivity contribution is 6.09. The molecule has 5 aromatic rings. The van der Waals surface area contributed by atoms with Gasteiger partial charge in [0.25, 0.3) is 0 Å². The van der Waals surface area contributed by atoms with Gasteiger partial charge in [0.2, 0.25) is 0 Å². The third-order valence-electron chi connectivity index (χ3n) is 5.20. The topological polar surface area (TPSA) is 30.7 Å². The van der Waals surface area contributed by atoms with Gasteiger partial charge in [-0.25, -0.2) is 4.98 Å². The molecule has 0 saturated heterocycles. The number of benzene rings is 2. The number of para-hydroxylation sites is 1. The molecule has 0 radical (unpaired) electrons. The van der Waals surface area contributed by atoms with Crippen LogP contribution < -0.4 is 0 Å². The number of rotatable bonds is 2. The van der Waals surface area contributed by atoms with Gasteiger partial charge in [-0.05, 0) is 53.1 Å². The molecule has 0 N–H and O–H groups in total. The Morgan fingerprint density at radius 1 is 0.857 bits per heavy atom. The van der Waals surface area contributed by atoms with Gasteiger partial charge in [0, 0.05) is 34.7 Å². The molecule has 0 aliphatic carbocycles. The van der Waals surface area contributed by atoms with Crippen molar-refractivity contribution in [2.45, 2.75) is 27.2 Å². The summed E-state index contributed by atoms with van der Waals surface area (Å²) in [6, 6.07) is 19.4. The van der Waals surface area contributed by atoms with Crippen LogP contribution in [0.2, 0.25) is 0 Å². The minimum atomic E-state index is 0.219. The van der Waals surface area contributed by atoms with Crippen LogP contribution in [0, 0.1) is 5.41 Å². The van der Waals surface area contributed by atoms with Crippen molar-refractivity contribution in [2.24, 2.45) is 5.41 Å². The molecular formula is C25H23N3. The van der Waals surface area contributed by atoms with E-state index in [1.165, 1.54) is 27.2 Å². The smallest absolute Gasteiger partial charge is 0.145 e. The van der Waals surface area contributed by atoms with Gasteiger partial charge in [0.1, 0.15) is 5.65 Å². The number of pyridine rings is 2. The van der Waals surface area contributed by atoms with Crippen LogP contribution in [0.4, 0.5) is 0 Å². The van der Waals surface area contributed by atoms with Crippen LogP contribution in [0.5, 0.6) is 0 Å². The summed E-state index contributed by atoms with van der Waals surface area (Å²) in [7, 11) is 0. The fourth-order valence-corrected chi connectivity index (χ4v) is 4.18. The third kappa shape index (κ3) is 2.75. The van der Waals surface area contributed by atoms with E-state index in [-0.39, 0.29) is 5.41 Å². The third-order valence-corrected chi connectivity index (χ3v) is 5.20. The van der Waals surface area contributed by atoms with Crippen molar-refractivity contribution in [1.82, 2.24) is 14.5 Å². The van der Waals surface area contributed by atoms with E-state index in [9.17, 15) is 0 Å². The quantitative estimate of drug-likeness (QED) is 0.367. The molecule has 3 nitrogen and oxygen atoms in total. The van der Waals surface area contributed by atoms with Crippen molar-refractivity contribution >= 4 is 32.7 Å². The summed E-state index contributed by atoms with van der Waals surface area (Å²) in [5, 5.41) is 4.77. The lowest BCUT2D eigenvalue weighted by Gasteiger charge is -2.20. The van der Waals surface area contributed by atoms with Crippen molar-refractivity contribution in [3.63, 3.8) is 0 Å². The SMILES string of the molecule is CC(C)(C)Cc1cc(-n2c3ccccc3c3cccnc32)c2cnccc2c1. The van der Waals surface area contributed by atoms with E-state index in [0.29, 0.717) is 0 Å².